The summed E-state index contributed by atoms with van der Waals surface area (Å²) in [4.78, 5) is 41.3. The van der Waals surface area contributed by atoms with Crippen molar-refractivity contribution in [1.29, 1.82) is 0 Å². The van der Waals surface area contributed by atoms with E-state index in [-0.39, 0.29) is 17.9 Å². The van der Waals surface area contributed by atoms with E-state index in [9.17, 15) is 14.4 Å². The Morgan fingerprint density at radius 2 is 1.59 bits per heavy atom. The molecule has 0 heterocycles. The van der Waals surface area contributed by atoms with Gasteiger partial charge in [0.15, 0.2) is 0 Å². The van der Waals surface area contributed by atoms with Gasteiger partial charge >= 0.3 is 6.09 Å². The molecule has 0 aliphatic heterocycles. The van der Waals surface area contributed by atoms with Gasteiger partial charge in [0.2, 0.25) is 11.8 Å². The Balaban J connectivity index is 3.40. The second-order valence-corrected chi connectivity index (χ2v) is 10.2. The number of benzene rings is 1. The van der Waals surface area contributed by atoms with Crippen LogP contribution in [0.3, 0.4) is 0 Å². The van der Waals surface area contributed by atoms with Gasteiger partial charge in [0.25, 0.3) is 0 Å². The zero-order valence-corrected chi connectivity index (χ0v) is 22.6. The van der Waals surface area contributed by atoms with Gasteiger partial charge < -0.3 is 20.3 Å². The minimum Gasteiger partial charge on any atom is -0.444 e. The maximum atomic E-state index is 13.7. The van der Waals surface area contributed by atoms with Gasteiger partial charge in [-0.25, -0.2) is 4.79 Å². The summed E-state index contributed by atoms with van der Waals surface area (Å²) in [6.45, 7) is 17.4. The van der Waals surface area contributed by atoms with Gasteiger partial charge in [-0.3, -0.25) is 9.59 Å². The zero-order chi connectivity index (χ0) is 26.1. The number of aryl methyl sites for hydroxylation is 2. The Morgan fingerprint density at radius 3 is 2.09 bits per heavy atom. The molecule has 3 amide bonds. The molecule has 0 aliphatic carbocycles. The number of ether oxygens (including phenoxy) is 1. The van der Waals surface area contributed by atoms with Crippen molar-refractivity contribution in [1.82, 2.24) is 15.5 Å². The molecule has 192 valence electrons. The highest BCUT2D eigenvalue weighted by molar-refractivity contribution is 5.92. The largest absolute Gasteiger partial charge is 0.444 e. The number of carbonyl (C=O) groups is 3. The molecular weight excluding hydrogens is 430 g/mol. The topological polar surface area (TPSA) is 87.7 Å². The van der Waals surface area contributed by atoms with Crippen molar-refractivity contribution in [3.8, 4) is 0 Å². The third kappa shape index (κ3) is 8.99. The van der Waals surface area contributed by atoms with Crippen molar-refractivity contribution >= 4 is 17.9 Å². The molecule has 0 radical (unpaired) electrons. The van der Waals surface area contributed by atoms with Crippen LogP contribution in [0.5, 0.6) is 0 Å². The molecule has 3 atom stereocenters. The van der Waals surface area contributed by atoms with Gasteiger partial charge in [-0.1, -0.05) is 44.9 Å². The molecule has 7 nitrogen and oxygen atoms in total. The predicted octanol–water partition coefficient (Wildman–Crippen LogP) is 5.19. The smallest absolute Gasteiger partial charge is 0.408 e. The Labute approximate surface area is 206 Å². The van der Waals surface area contributed by atoms with Crippen molar-refractivity contribution in [3.05, 3.63) is 34.9 Å². The molecular formula is C27H45N3O4. The van der Waals surface area contributed by atoms with Crippen molar-refractivity contribution in [3.63, 3.8) is 0 Å². The maximum Gasteiger partial charge on any atom is 0.408 e. The summed E-state index contributed by atoms with van der Waals surface area (Å²) in [5.74, 6) is -0.516. The van der Waals surface area contributed by atoms with Crippen molar-refractivity contribution < 1.29 is 19.1 Å². The third-order valence-corrected chi connectivity index (χ3v) is 5.63. The molecule has 0 aliphatic rings. The van der Waals surface area contributed by atoms with E-state index in [1.165, 1.54) is 0 Å². The molecule has 1 aromatic carbocycles. The van der Waals surface area contributed by atoms with E-state index in [4.69, 9.17) is 4.74 Å². The monoisotopic (exact) mass is 475 g/mol. The van der Waals surface area contributed by atoms with Crippen LogP contribution in [0, 0.1) is 13.8 Å². The Bertz CT molecular complexity index is 811. The number of alkyl carbamates (subject to hydrolysis) is 1. The molecule has 0 aromatic heterocycles. The number of unbranched alkanes of at least 4 members (excludes halogenated alkanes) is 1. The second-order valence-electron chi connectivity index (χ2n) is 10.2. The van der Waals surface area contributed by atoms with Crippen molar-refractivity contribution in [2.45, 2.75) is 112 Å². The summed E-state index contributed by atoms with van der Waals surface area (Å²) in [5, 5.41) is 5.76. The van der Waals surface area contributed by atoms with E-state index in [1.54, 1.807) is 32.6 Å². The fourth-order valence-corrected chi connectivity index (χ4v) is 4.00. The third-order valence-electron chi connectivity index (χ3n) is 5.63. The average molecular weight is 476 g/mol. The van der Waals surface area contributed by atoms with Crippen LogP contribution >= 0.6 is 0 Å². The average Bonchev–Trinajstić information content (AvgIpc) is 2.70. The standard InChI is InChI=1S/C27H45N3O4/c1-10-12-17-30(25(32)21(6)29-26(33)34-27(7,8)9)23(24(31)28-20(5)14-11-2)22-18(3)15-13-16-19(22)4/h13,15-16,20-21,23H,10-12,14,17H2,1-9H3,(H,28,31)(H,29,33). The normalized spacial score (nSPS) is 14.0. The van der Waals surface area contributed by atoms with Gasteiger partial charge in [0.1, 0.15) is 17.7 Å². The minimum absolute atomic E-state index is 0.00948. The first-order valence-corrected chi connectivity index (χ1v) is 12.5. The fraction of sp³-hybridized carbons (Fsp3) is 0.667. The van der Waals surface area contributed by atoms with Gasteiger partial charge in [0.05, 0.1) is 0 Å². The predicted molar refractivity (Wildman–Crippen MR) is 137 cm³/mol. The molecule has 2 N–H and O–H groups in total. The van der Waals surface area contributed by atoms with E-state index < -0.39 is 23.8 Å². The lowest BCUT2D eigenvalue weighted by Crippen LogP contribution is -2.53. The zero-order valence-electron chi connectivity index (χ0n) is 22.6. The number of nitrogens with zero attached hydrogens (tertiary/aromatic N) is 1. The summed E-state index contributed by atoms with van der Waals surface area (Å²) in [6, 6.07) is 4.23. The molecule has 7 heteroatoms. The van der Waals surface area contributed by atoms with E-state index in [0.29, 0.717) is 6.54 Å². The van der Waals surface area contributed by atoms with Crippen LogP contribution in [0.1, 0.15) is 96.9 Å². The van der Waals surface area contributed by atoms with Crippen molar-refractivity contribution in [2.24, 2.45) is 0 Å². The highest BCUT2D eigenvalue weighted by Crippen LogP contribution is 2.29. The SMILES string of the molecule is CCCCN(C(=O)C(C)NC(=O)OC(C)(C)C)C(C(=O)NC(C)CCC)c1c(C)cccc1C. The number of amides is 3. The van der Waals surface area contributed by atoms with E-state index in [0.717, 1.165) is 42.4 Å². The number of nitrogens with one attached hydrogen (secondary N) is 2. The maximum absolute atomic E-state index is 13.7. The molecule has 0 saturated heterocycles. The Hall–Kier alpha value is -2.57. The number of rotatable bonds is 11. The Morgan fingerprint density at radius 1 is 1.00 bits per heavy atom. The lowest BCUT2D eigenvalue weighted by molar-refractivity contribution is -0.142. The highest BCUT2D eigenvalue weighted by Gasteiger charge is 2.36. The summed E-state index contributed by atoms with van der Waals surface area (Å²) >= 11 is 0. The molecule has 34 heavy (non-hydrogen) atoms. The Kier molecular flexibility index (Phi) is 11.6. The van der Waals surface area contributed by atoms with Crippen molar-refractivity contribution in [2.75, 3.05) is 6.54 Å². The second kappa shape index (κ2) is 13.4. The molecule has 1 rings (SSSR count). The lowest BCUT2D eigenvalue weighted by atomic mass is 9.93. The number of carbonyl (C=O) groups excluding carboxylic acids is 3. The van der Waals surface area contributed by atoms with E-state index in [1.807, 2.05) is 45.9 Å². The van der Waals surface area contributed by atoms with Crippen LogP contribution in [-0.4, -0.2) is 47.0 Å². The molecule has 0 saturated carbocycles. The quantitative estimate of drug-likeness (QED) is 0.461. The molecule has 3 unspecified atom stereocenters. The highest BCUT2D eigenvalue weighted by atomic mass is 16.6. The number of hydrogen-bond acceptors (Lipinski definition) is 4. The summed E-state index contributed by atoms with van der Waals surface area (Å²) in [5.41, 5.74) is 2.05. The van der Waals surface area contributed by atoms with Gasteiger partial charge in [0, 0.05) is 12.6 Å². The molecule has 1 aromatic rings. The van der Waals surface area contributed by atoms with Crippen LogP contribution < -0.4 is 10.6 Å². The molecule has 0 spiro atoms. The van der Waals surface area contributed by atoms with Gasteiger partial charge in [-0.2, -0.15) is 0 Å². The van der Waals surface area contributed by atoms with Gasteiger partial charge in [-0.05, 0) is 78.0 Å². The molecule has 0 fully saturated rings. The van der Waals surface area contributed by atoms with E-state index >= 15 is 0 Å². The summed E-state index contributed by atoms with van der Waals surface area (Å²) in [7, 11) is 0. The van der Waals surface area contributed by atoms with Crippen LogP contribution in [-0.2, 0) is 14.3 Å². The van der Waals surface area contributed by atoms with Crippen LogP contribution in [0.4, 0.5) is 4.79 Å². The fourth-order valence-electron chi connectivity index (χ4n) is 4.00. The number of hydrogen-bond donors (Lipinski definition) is 2. The summed E-state index contributed by atoms with van der Waals surface area (Å²) in [6.07, 6.45) is 2.75. The van der Waals surface area contributed by atoms with Crippen LogP contribution in [0.2, 0.25) is 0 Å². The van der Waals surface area contributed by atoms with Crippen LogP contribution in [0.15, 0.2) is 18.2 Å². The molecule has 0 bridgehead atoms. The van der Waals surface area contributed by atoms with Gasteiger partial charge in [-0.15, -0.1) is 0 Å². The van der Waals surface area contributed by atoms with Crippen LogP contribution in [0.25, 0.3) is 0 Å². The minimum atomic E-state index is -0.848. The first kappa shape index (κ1) is 29.5. The lowest BCUT2D eigenvalue weighted by Gasteiger charge is -2.35. The van der Waals surface area contributed by atoms with E-state index in [2.05, 4.69) is 17.6 Å². The first-order valence-electron chi connectivity index (χ1n) is 12.5. The first-order chi connectivity index (χ1) is 15.8. The summed E-state index contributed by atoms with van der Waals surface area (Å²) < 4.78 is 5.33.